The lowest BCUT2D eigenvalue weighted by Gasteiger charge is -2.06. The fourth-order valence-corrected chi connectivity index (χ4v) is 1.73. The highest BCUT2D eigenvalue weighted by atomic mass is 19.1. The van der Waals surface area contributed by atoms with Crippen LogP contribution in [0, 0.1) is 18.7 Å². The number of hydrogen-bond donors (Lipinski definition) is 0. The molecule has 0 heterocycles. The molecule has 0 aromatic heterocycles. The van der Waals surface area contributed by atoms with Crippen molar-refractivity contribution in [3.05, 3.63) is 41.7 Å². The summed E-state index contributed by atoms with van der Waals surface area (Å²) in [6.45, 7) is 5.62. The quantitative estimate of drug-likeness (QED) is 0.755. The number of ketones is 1. The Balaban J connectivity index is 2.08. The van der Waals surface area contributed by atoms with Gasteiger partial charge in [-0.15, -0.1) is 0 Å². The van der Waals surface area contributed by atoms with Crippen LogP contribution in [0.15, 0.2) is 24.8 Å². The molecule has 0 amide bonds. The number of aryl methyl sites for hydroxylation is 1. The number of rotatable bonds is 4. The first-order chi connectivity index (χ1) is 7.58. The Labute approximate surface area is 95.0 Å². The van der Waals surface area contributed by atoms with E-state index in [-0.39, 0.29) is 17.5 Å². The molecule has 1 nitrogen and oxygen atoms in total. The zero-order chi connectivity index (χ0) is 11.7. The lowest BCUT2D eigenvalue weighted by atomic mass is 9.99. The predicted octanol–water partition coefficient (Wildman–Crippen LogP) is 3.52. The number of allylic oxidation sites excluding steroid dienone is 1. The monoisotopic (exact) mass is 218 g/mol. The zero-order valence-corrected chi connectivity index (χ0v) is 9.42. The molecule has 1 aliphatic carbocycles. The van der Waals surface area contributed by atoms with Crippen molar-refractivity contribution in [3.63, 3.8) is 0 Å². The number of carbonyl (C=O) groups is 1. The van der Waals surface area contributed by atoms with Crippen LogP contribution in [-0.2, 0) is 4.79 Å². The first-order valence-corrected chi connectivity index (χ1v) is 5.55. The third-order valence-electron chi connectivity index (χ3n) is 2.99. The van der Waals surface area contributed by atoms with Crippen LogP contribution in [0.4, 0.5) is 4.39 Å². The third kappa shape index (κ3) is 2.38. The second kappa shape index (κ2) is 4.20. The molecule has 0 saturated heterocycles. The topological polar surface area (TPSA) is 17.1 Å². The first kappa shape index (κ1) is 11.1. The van der Waals surface area contributed by atoms with Crippen LogP contribution in [0.2, 0.25) is 0 Å². The van der Waals surface area contributed by atoms with Crippen LogP contribution in [0.3, 0.4) is 0 Å². The third-order valence-corrected chi connectivity index (χ3v) is 2.99. The summed E-state index contributed by atoms with van der Waals surface area (Å²) in [4.78, 5) is 11.6. The number of hydrogen-bond acceptors (Lipinski definition) is 1. The van der Waals surface area contributed by atoms with E-state index < -0.39 is 0 Å². The Morgan fingerprint density at radius 3 is 2.75 bits per heavy atom. The lowest BCUT2D eigenvalue weighted by Crippen LogP contribution is -2.01. The fourth-order valence-electron chi connectivity index (χ4n) is 1.73. The second-order valence-corrected chi connectivity index (χ2v) is 4.48. The minimum atomic E-state index is -0.218. The van der Waals surface area contributed by atoms with Crippen LogP contribution >= 0.6 is 0 Å². The van der Waals surface area contributed by atoms with E-state index >= 15 is 0 Å². The molecule has 0 unspecified atom stereocenters. The molecule has 0 N–H and O–H groups in total. The molecule has 2 heteroatoms. The summed E-state index contributed by atoms with van der Waals surface area (Å²) in [5.74, 6) is 0.315. The summed E-state index contributed by atoms with van der Waals surface area (Å²) in [5, 5.41) is 0. The van der Waals surface area contributed by atoms with Gasteiger partial charge in [-0.3, -0.25) is 4.79 Å². The molecule has 84 valence electrons. The molecule has 1 aromatic rings. The smallest absolute Gasteiger partial charge is 0.140 e. The molecule has 0 bridgehead atoms. The molecule has 0 spiro atoms. The van der Waals surface area contributed by atoms with Gasteiger partial charge < -0.3 is 0 Å². The predicted molar refractivity (Wildman–Crippen MR) is 62.5 cm³/mol. The van der Waals surface area contributed by atoms with Gasteiger partial charge in [-0.05, 0) is 48.6 Å². The van der Waals surface area contributed by atoms with E-state index in [1.54, 1.807) is 19.1 Å². The van der Waals surface area contributed by atoms with Crippen LogP contribution < -0.4 is 0 Å². The van der Waals surface area contributed by atoms with Crippen LogP contribution in [0.25, 0.3) is 5.57 Å². The standard InChI is InChI=1S/C14H15FO/c1-9(8-14(16)11-3-4-11)12-5-6-13(15)10(2)7-12/h5-7,11H,1,3-4,8H2,2H3. The molecular weight excluding hydrogens is 203 g/mol. The Hall–Kier alpha value is -1.44. The molecule has 1 aliphatic rings. The van der Waals surface area contributed by atoms with E-state index in [1.807, 2.05) is 0 Å². The van der Waals surface area contributed by atoms with Gasteiger partial charge in [0.15, 0.2) is 0 Å². The Morgan fingerprint density at radius 2 is 2.19 bits per heavy atom. The average Bonchev–Trinajstić information content (AvgIpc) is 3.05. The van der Waals surface area contributed by atoms with E-state index in [9.17, 15) is 9.18 Å². The highest BCUT2D eigenvalue weighted by Crippen LogP contribution is 2.33. The van der Waals surface area contributed by atoms with Gasteiger partial charge in [-0.25, -0.2) is 4.39 Å². The van der Waals surface area contributed by atoms with Gasteiger partial charge in [-0.2, -0.15) is 0 Å². The first-order valence-electron chi connectivity index (χ1n) is 5.55. The Bertz CT molecular complexity index is 444. The van der Waals surface area contributed by atoms with Crippen molar-refractivity contribution in [1.82, 2.24) is 0 Å². The van der Waals surface area contributed by atoms with E-state index in [0.717, 1.165) is 24.0 Å². The van der Waals surface area contributed by atoms with Crippen LogP contribution in [-0.4, -0.2) is 5.78 Å². The summed E-state index contributed by atoms with van der Waals surface area (Å²) in [6, 6.07) is 4.86. The maximum atomic E-state index is 13.1. The van der Waals surface area contributed by atoms with Gasteiger partial charge in [0.25, 0.3) is 0 Å². The molecule has 2 rings (SSSR count). The van der Waals surface area contributed by atoms with Crippen molar-refractivity contribution in [2.45, 2.75) is 26.2 Å². The van der Waals surface area contributed by atoms with Crippen LogP contribution in [0.5, 0.6) is 0 Å². The van der Waals surface area contributed by atoms with E-state index in [2.05, 4.69) is 6.58 Å². The average molecular weight is 218 g/mol. The van der Waals surface area contributed by atoms with Crippen molar-refractivity contribution >= 4 is 11.4 Å². The van der Waals surface area contributed by atoms with Gasteiger partial charge in [0.2, 0.25) is 0 Å². The molecule has 0 radical (unpaired) electrons. The van der Waals surface area contributed by atoms with Gasteiger partial charge >= 0.3 is 0 Å². The van der Waals surface area contributed by atoms with Gasteiger partial charge in [0.1, 0.15) is 11.6 Å². The molecule has 1 fully saturated rings. The molecule has 16 heavy (non-hydrogen) atoms. The Kier molecular flexibility index (Phi) is 2.90. The van der Waals surface area contributed by atoms with Crippen molar-refractivity contribution in [2.24, 2.45) is 5.92 Å². The SMILES string of the molecule is C=C(CC(=O)C1CC1)c1ccc(F)c(C)c1. The summed E-state index contributed by atoms with van der Waals surface area (Å²) < 4.78 is 13.1. The van der Waals surface area contributed by atoms with E-state index in [0.29, 0.717) is 12.0 Å². The molecule has 0 aliphatic heterocycles. The van der Waals surface area contributed by atoms with Gasteiger partial charge in [-0.1, -0.05) is 12.6 Å². The zero-order valence-electron chi connectivity index (χ0n) is 9.42. The minimum absolute atomic E-state index is 0.218. The molecule has 0 atom stereocenters. The largest absolute Gasteiger partial charge is 0.299 e. The maximum absolute atomic E-state index is 13.1. The normalized spacial score (nSPS) is 14.9. The van der Waals surface area contributed by atoms with Crippen molar-refractivity contribution in [2.75, 3.05) is 0 Å². The Morgan fingerprint density at radius 1 is 1.50 bits per heavy atom. The van der Waals surface area contributed by atoms with E-state index in [1.165, 1.54) is 6.07 Å². The highest BCUT2D eigenvalue weighted by Gasteiger charge is 2.29. The van der Waals surface area contributed by atoms with E-state index in [4.69, 9.17) is 0 Å². The lowest BCUT2D eigenvalue weighted by molar-refractivity contribution is -0.119. The summed E-state index contributed by atoms with van der Waals surface area (Å²) >= 11 is 0. The molecule has 1 aromatic carbocycles. The molecule has 1 saturated carbocycles. The number of Topliss-reactive ketones (excluding diaryl/α,β-unsaturated/α-hetero) is 1. The van der Waals surface area contributed by atoms with Crippen molar-refractivity contribution in [3.8, 4) is 0 Å². The fraction of sp³-hybridized carbons (Fsp3) is 0.357. The van der Waals surface area contributed by atoms with Crippen LogP contribution in [0.1, 0.15) is 30.4 Å². The highest BCUT2D eigenvalue weighted by molar-refractivity contribution is 5.92. The second-order valence-electron chi connectivity index (χ2n) is 4.48. The summed E-state index contributed by atoms with van der Waals surface area (Å²) in [7, 11) is 0. The van der Waals surface area contributed by atoms with Gasteiger partial charge in [0.05, 0.1) is 0 Å². The minimum Gasteiger partial charge on any atom is -0.299 e. The summed E-state index contributed by atoms with van der Waals surface area (Å²) in [6.07, 6.45) is 2.44. The number of carbonyl (C=O) groups excluding carboxylic acids is 1. The maximum Gasteiger partial charge on any atom is 0.140 e. The van der Waals surface area contributed by atoms with Gasteiger partial charge in [0, 0.05) is 12.3 Å². The molecular formula is C14H15FO. The van der Waals surface area contributed by atoms with Crippen molar-refractivity contribution < 1.29 is 9.18 Å². The van der Waals surface area contributed by atoms with Crippen molar-refractivity contribution in [1.29, 1.82) is 0 Å². The summed E-state index contributed by atoms with van der Waals surface area (Å²) in [5.41, 5.74) is 2.26. The number of benzene rings is 1. The number of halogens is 1.